The predicted molar refractivity (Wildman–Crippen MR) is 86.5 cm³/mol. The van der Waals surface area contributed by atoms with Crippen LogP contribution in [0.25, 0.3) is 0 Å². The van der Waals surface area contributed by atoms with E-state index in [1.165, 1.54) is 11.1 Å². The standard InChI is InChI=1S/C18H24N2O2/c1-5-9-16(21)20-17(22)12-15(18(2,3)4)19(20)13-14-10-7-6-8-11-14/h5-11,15H,12-13H2,1-4H3/b9-5-/t15-/m0/s1. The van der Waals surface area contributed by atoms with E-state index in [2.05, 4.69) is 20.8 Å². The first-order chi connectivity index (χ1) is 10.3. The number of imide groups is 1. The number of hydrogen-bond donors (Lipinski definition) is 0. The first-order valence-corrected chi connectivity index (χ1v) is 7.64. The van der Waals surface area contributed by atoms with Gasteiger partial charge in [-0.3, -0.25) is 9.59 Å². The average Bonchev–Trinajstić information content (AvgIpc) is 2.77. The van der Waals surface area contributed by atoms with Crippen LogP contribution >= 0.6 is 0 Å². The molecule has 1 aliphatic rings. The van der Waals surface area contributed by atoms with Gasteiger partial charge in [-0.05, 0) is 17.9 Å². The summed E-state index contributed by atoms with van der Waals surface area (Å²) in [7, 11) is 0. The molecule has 1 aromatic rings. The van der Waals surface area contributed by atoms with Gasteiger partial charge in [0.2, 0.25) is 5.91 Å². The molecule has 0 saturated carbocycles. The van der Waals surface area contributed by atoms with Crippen LogP contribution in [0.2, 0.25) is 0 Å². The van der Waals surface area contributed by atoms with Crippen molar-refractivity contribution >= 4 is 11.8 Å². The summed E-state index contributed by atoms with van der Waals surface area (Å²) in [4.78, 5) is 24.7. The molecule has 0 spiro atoms. The molecule has 1 saturated heterocycles. The molecule has 0 aliphatic carbocycles. The molecule has 0 aromatic heterocycles. The van der Waals surface area contributed by atoms with Gasteiger partial charge in [-0.25, -0.2) is 10.0 Å². The van der Waals surface area contributed by atoms with E-state index >= 15 is 0 Å². The highest BCUT2D eigenvalue weighted by Gasteiger charge is 2.45. The monoisotopic (exact) mass is 300 g/mol. The van der Waals surface area contributed by atoms with E-state index in [9.17, 15) is 9.59 Å². The van der Waals surface area contributed by atoms with Crippen LogP contribution in [-0.2, 0) is 16.1 Å². The molecular weight excluding hydrogens is 276 g/mol. The van der Waals surface area contributed by atoms with Gasteiger partial charge in [-0.2, -0.15) is 0 Å². The first kappa shape index (κ1) is 16.4. The summed E-state index contributed by atoms with van der Waals surface area (Å²) >= 11 is 0. The maximum Gasteiger partial charge on any atom is 0.267 e. The Morgan fingerprint density at radius 3 is 2.45 bits per heavy atom. The van der Waals surface area contributed by atoms with Crippen molar-refractivity contribution in [3.63, 3.8) is 0 Å². The quantitative estimate of drug-likeness (QED) is 0.805. The highest BCUT2D eigenvalue weighted by Crippen LogP contribution is 2.35. The number of benzene rings is 1. The van der Waals surface area contributed by atoms with E-state index < -0.39 is 0 Å². The van der Waals surface area contributed by atoms with Crippen molar-refractivity contribution in [2.45, 2.75) is 46.7 Å². The fraction of sp³-hybridized carbons (Fsp3) is 0.444. The highest BCUT2D eigenvalue weighted by molar-refractivity contribution is 6.01. The van der Waals surface area contributed by atoms with Crippen LogP contribution in [0.1, 0.15) is 39.7 Å². The van der Waals surface area contributed by atoms with Crippen LogP contribution in [0.4, 0.5) is 0 Å². The molecule has 1 fully saturated rings. The normalized spacial score (nSPS) is 20.1. The Labute approximate surface area is 132 Å². The number of carbonyl (C=O) groups is 2. The molecule has 118 valence electrons. The lowest BCUT2D eigenvalue weighted by atomic mass is 9.85. The number of allylic oxidation sites excluding steroid dienone is 1. The van der Waals surface area contributed by atoms with Crippen molar-refractivity contribution in [2.24, 2.45) is 5.41 Å². The van der Waals surface area contributed by atoms with Crippen LogP contribution in [0.15, 0.2) is 42.5 Å². The molecule has 1 heterocycles. The van der Waals surface area contributed by atoms with Gasteiger partial charge in [-0.15, -0.1) is 0 Å². The zero-order chi connectivity index (χ0) is 16.3. The SMILES string of the molecule is C/C=C\C(=O)N1C(=O)C[C@@H](C(C)(C)C)N1Cc1ccccc1. The molecule has 0 N–H and O–H groups in total. The smallest absolute Gasteiger partial charge is 0.267 e. The number of amides is 2. The average molecular weight is 300 g/mol. The summed E-state index contributed by atoms with van der Waals surface area (Å²) in [5.74, 6) is -0.394. The van der Waals surface area contributed by atoms with E-state index in [1.807, 2.05) is 35.3 Å². The maximum absolute atomic E-state index is 12.4. The van der Waals surface area contributed by atoms with Gasteiger partial charge >= 0.3 is 0 Å². The second-order valence-electron chi connectivity index (χ2n) is 6.71. The highest BCUT2D eigenvalue weighted by atomic mass is 16.2. The lowest BCUT2D eigenvalue weighted by Crippen LogP contribution is -2.48. The predicted octanol–water partition coefficient (Wildman–Crippen LogP) is 3.15. The molecule has 1 aliphatic heterocycles. The first-order valence-electron chi connectivity index (χ1n) is 7.64. The summed E-state index contributed by atoms with van der Waals surface area (Å²) in [5.41, 5.74) is 1.000. The lowest BCUT2D eigenvalue weighted by Gasteiger charge is -2.37. The summed E-state index contributed by atoms with van der Waals surface area (Å²) in [6.45, 7) is 8.64. The van der Waals surface area contributed by atoms with E-state index in [4.69, 9.17) is 0 Å². The number of nitrogens with zero attached hydrogens (tertiary/aromatic N) is 2. The Morgan fingerprint density at radius 2 is 1.91 bits per heavy atom. The van der Waals surface area contributed by atoms with Gasteiger partial charge in [0.25, 0.3) is 5.91 Å². The molecule has 4 nitrogen and oxygen atoms in total. The number of rotatable bonds is 3. The second-order valence-corrected chi connectivity index (χ2v) is 6.71. The molecule has 2 rings (SSSR count). The lowest BCUT2D eigenvalue weighted by molar-refractivity contribution is -0.156. The third-order valence-electron chi connectivity index (χ3n) is 3.93. The molecule has 1 atom stereocenters. The van der Waals surface area contributed by atoms with Crippen molar-refractivity contribution in [2.75, 3.05) is 0 Å². The van der Waals surface area contributed by atoms with Gasteiger partial charge in [0.1, 0.15) is 0 Å². The van der Waals surface area contributed by atoms with Crippen molar-refractivity contribution < 1.29 is 9.59 Å². The van der Waals surface area contributed by atoms with Gasteiger partial charge in [0.15, 0.2) is 0 Å². The molecule has 1 aromatic carbocycles. The number of hydrazine groups is 1. The second kappa shape index (κ2) is 6.44. The molecule has 22 heavy (non-hydrogen) atoms. The molecule has 0 radical (unpaired) electrons. The van der Waals surface area contributed by atoms with Crippen LogP contribution in [-0.4, -0.2) is 27.9 Å². The van der Waals surface area contributed by atoms with Crippen molar-refractivity contribution in [1.29, 1.82) is 0 Å². The fourth-order valence-corrected chi connectivity index (χ4v) is 2.81. The number of carbonyl (C=O) groups excluding carboxylic acids is 2. The maximum atomic E-state index is 12.4. The van der Waals surface area contributed by atoms with Gasteiger partial charge in [-0.1, -0.05) is 57.2 Å². The Balaban J connectivity index is 2.34. The minimum Gasteiger partial charge on any atom is -0.273 e. The molecule has 0 bridgehead atoms. The number of hydrogen-bond acceptors (Lipinski definition) is 3. The van der Waals surface area contributed by atoms with Crippen LogP contribution in [0, 0.1) is 5.41 Å². The molecule has 2 amide bonds. The van der Waals surface area contributed by atoms with Gasteiger partial charge in [0, 0.05) is 25.1 Å². The van der Waals surface area contributed by atoms with E-state index in [0.29, 0.717) is 13.0 Å². The summed E-state index contributed by atoms with van der Waals surface area (Å²) in [6, 6.07) is 9.94. The Kier molecular flexibility index (Phi) is 4.81. The van der Waals surface area contributed by atoms with Crippen LogP contribution < -0.4 is 0 Å². The van der Waals surface area contributed by atoms with E-state index in [0.717, 1.165) is 5.56 Å². The fourth-order valence-electron chi connectivity index (χ4n) is 2.81. The van der Waals surface area contributed by atoms with Gasteiger partial charge < -0.3 is 0 Å². The zero-order valence-corrected chi connectivity index (χ0v) is 13.7. The summed E-state index contributed by atoms with van der Waals surface area (Å²) in [6.07, 6.45) is 3.49. The molecule has 4 heteroatoms. The van der Waals surface area contributed by atoms with Crippen molar-refractivity contribution in [3.05, 3.63) is 48.0 Å². The van der Waals surface area contributed by atoms with Crippen LogP contribution in [0.3, 0.4) is 0 Å². The van der Waals surface area contributed by atoms with Gasteiger partial charge in [0.05, 0.1) is 0 Å². The third-order valence-corrected chi connectivity index (χ3v) is 3.93. The van der Waals surface area contributed by atoms with Crippen LogP contribution in [0.5, 0.6) is 0 Å². The Morgan fingerprint density at radius 1 is 1.27 bits per heavy atom. The van der Waals surface area contributed by atoms with E-state index in [-0.39, 0.29) is 23.3 Å². The summed E-state index contributed by atoms with van der Waals surface area (Å²) < 4.78 is 0. The minimum atomic E-state index is -0.268. The topological polar surface area (TPSA) is 40.6 Å². The Bertz CT molecular complexity index is 572. The summed E-state index contributed by atoms with van der Waals surface area (Å²) in [5, 5.41) is 3.23. The van der Waals surface area contributed by atoms with E-state index in [1.54, 1.807) is 13.0 Å². The van der Waals surface area contributed by atoms with Crippen molar-refractivity contribution in [1.82, 2.24) is 10.0 Å². The third kappa shape index (κ3) is 3.45. The molecular formula is C18H24N2O2. The van der Waals surface area contributed by atoms with Crippen molar-refractivity contribution in [3.8, 4) is 0 Å². The molecule has 0 unspecified atom stereocenters. The zero-order valence-electron chi connectivity index (χ0n) is 13.7. The Hall–Kier alpha value is -1.94. The largest absolute Gasteiger partial charge is 0.273 e. The minimum absolute atomic E-state index is 0.00872.